The van der Waals surface area contributed by atoms with Gasteiger partial charge < -0.3 is 15.8 Å². The largest absolute Gasteiger partial charge is 0.416 e. The van der Waals surface area contributed by atoms with Gasteiger partial charge in [-0.25, -0.2) is 15.0 Å². The molecule has 178 valence electrons. The highest BCUT2D eigenvalue weighted by molar-refractivity contribution is 6.04. The second-order valence-electron chi connectivity index (χ2n) is 8.70. The van der Waals surface area contributed by atoms with Crippen molar-refractivity contribution in [2.45, 2.75) is 12.1 Å². The number of amides is 1. The Hall–Kier alpha value is -3.99. The highest BCUT2D eigenvalue weighted by atomic mass is 19.4. The molecule has 2 fully saturated rings. The van der Waals surface area contributed by atoms with Crippen molar-refractivity contribution in [3.8, 4) is 11.3 Å². The quantitative estimate of drug-likeness (QED) is 0.457. The lowest BCUT2D eigenvalue weighted by atomic mass is 10.1. The smallest absolute Gasteiger partial charge is 0.382 e. The minimum Gasteiger partial charge on any atom is -0.382 e. The van der Waals surface area contributed by atoms with Gasteiger partial charge in [0.1, 0.15) is 28.7 Å². The number of pyridine rings is 1. The molecule has 35 heavy (non-hydrogen) atoms. The van der Waals surface area contributed by atoms with Crippen LogP contribution in [0.1, 0.15) is 27.7 Å². The highest BCUT2D eigenvalue weighted by Gasteiger charge is 2.56. The zero-order valence-corrected chi connectivity index (χ0v) is 18.2. The summed E-state index contributed by atoms with van der Waals surface area (Å²) in [5.74, 6) is 1.72. The zero-order chi connectivity index (χ0) is 24.3. The molecule has 0 spiro atoms. The van der Waals surface area contributed by atoms with Crippen molar-refractivity contribution in [1.29, 1.82) is 0 Å². The number of aromatic nitrogens is 4. The number of ether oxygens (including phenoxy) is 1. The molecule has 6 rings (SSSR count). The monoisotopic (exact) mass is 480 g/mol. The third kappa shape index (κ3) is 3.68. The first-order valence-electron chi connectivity index (χ1n) is 11.0. The molecule has 2 atom stereocenters. The number of carbonyl (C=O) groups is 1. The summed E-state index contributed by atoms with van der Waals surface area (Å²) in [5, 5.41) is 2.41. The second kappa shape index (κ2) is 7.77. The van der Waals surface area contributed by atoms with Gasteiger partial charge in [0.2, 0.25) is 0 Å². The first-order chi connectivity index (χ1) is 16.8. The van der Waals surface area contributed by atoms with Crippen LogP contribution in [0.15, 0.2) is 55.0 Å². The summed E-state index contributed by atoms with van der Waals surface area (Å²) in [6.07, 6.45) is -0.0435. The van der Waals surface area contributed by atoms with Crippen LogP contribution in [0.25, 0.3) is 16.8 Å². The summed E-state index contributed by atoms with van der Waals surface area (Å²) in [6, 6.07) is 8.24. The van der Waals surface area contributed by atoms with E-state index in [1.54, 1.807) is 30.5 Å². The van der Waals surface area contributed by atoms with Gasteiger partial charge in [0.15, 0.2) is 0 Å². The van der Waals surface area contributed by atoms with Crippen molar-refractivity contribution in [2.75, 3.05) is 24.3 Å². The maximum absolute atomic E-state index is 12.9. The number of benzene rings is 1. The van der Waals surface area contributed by atoms with E-state index in [4.69, 9.17) is 15.5 Å². The van der Waals surface area contributed by atoms with E-state index in [-0.39, 0.29) is 11.4 Å². The van der Waals surface area contributed by atoms with Crippen LogP contribution in [0, 0.1) is 11.8 Å². The van der Waals surface area contributed by atoms with Gasteiger partial charge in [-0.3, -0.25) is 9.20 Å². The van der Waals surface area contributed by atoms with E-state index < -0.39 is 17.6 Å². The number of nitrogens with one attached hydrogen (secondary N) is 1. The van der Waals surface area contributed by atoms with Crippen molar-refractivity contribution >= 4 is 23.1 Å². The van der Waals surface area contributed by atoms with Crippen LogP contribution in [0.4, 0.5) is 24.8 Å². The van der Waals surface area contributed by atoms with E-state index in [0.717, 1.165) is 42.9 Å². The molecule has 1 amide bonds. The number of nitrogens with zero attached hydrogens (tertiary/aromatic N) is 4. The van der Waals surface area contributed by atoms with E-state index in [0.29, 0.717) is 34.8 Å². The number of hydrogen-bond donors (Lipinski definition) is 2. The molecule has 1 aromatic carbocycles. The topological polar surface area (TPSA) is 107 Å². The Labute approximate surface area is 197 Å². The molecule has 11 heteroatoms. The molecule has 2 aliphatic rings. The third-order valence-corrected chi connectivity index (χ3v) is 6.61. The molecule has 2 unspecified atom stereocenters. The Bertz CT molecular complexity index is 1440. The molecule has 3 N–H and O–H groups in total. The Kier molecular flexibility index (Phi) is 4.78. The zero-order valence-electron chi connectivity index (χ0n) is 18.2. The average molecular weight is 480 g/mol. The summed E-state index contributed by atoms with van der Waals surface area (Å²) < 4.78 is 46.3. The van der Waals surface area contributed by atoms with Crippen LogP contribution in [0.2, 0.25) is 0 Å². The van der Waals surface area contributed by atoms with Crippen molar-refractivity contribution in [3.05, 3.63) is 71.9 Å². The SMILES string of the molecule is Nc1nccn2c(C3C4COCC43)nc(-c3ccc(C(=O)Nc4cc(C(F)(F)F)ccn4)cc3)c12. The Balaban J connectivity index is 1.28. The molecule has 0 bridgehead atoms. The third-order valence-electron chi connectivity index (χ3n) is 6.61. The number of imidazole rings is 1. The summed E-state index contributed by atoms with van der Waals surface area (Å²) in [6.45, 7) is 1.45. The van der Waals surface area contributed by atoms with E-state index in [2.05, 4.69) is 15.3 Å². The number of fused-ring (bicyclic) bond motifs is 2. The Morgan fingerprint density at radius 3 is 2.54 bits per heavy atom. The van der Waals surface area contributed by atoms with E-state index in [9.17, 15) is 18.0 Å². The molecule has 3 aromatic heterocycles. The van der Waals surface area contributed by atoms with Gasteiger partial charge in [-0.1, -0.05) is 12.1 Å². The first-order valence-corrected chi connectivity index (χ1v) is 11.0. The van der Waals surface area contributed by atoms with Gasteiger partial charge in [0.05, 0.1) is 18.8 Å². The molecule has 1 aliphatic carbocycles. The van der Waals surface area contributed by atoms with Gasteiger partial charge >= 0.3 is 6.18 Å². The van der Waals surface area contributed by atoms with Crippen LogP contribution >= 0.6 is 0 Å². The van der Waals surface area contributed by atoms with Crippen molar-refractivity contribution < 1.29 is 22.7 Å². The summed E-state index contributed by atoms with van der Waals surface area (Å²) in [4.78, 5) is 25.5. The predicted molar refractivity (Wildman–Crippen MR) is 121 cm³/mol. The van der Waals surface area contributed by atoms with E-state index in [1.165, 1.54) is 0 Å². The van der Waals surface area contributed by atoms with Crippen LogP contribution < -0.4 is 11.1 Å². The van der Waals surface area contributed by atoms with Gasteiger partial charge in [0.25, 0.3) is 5.91 Å². The Morgan fingerprint density at radius 1 is 1.09 bits per heavy atom. The summed E-state index contributed by atoms with van der Waals surface area (Å²) in [7, 11) is 0. The predicted octanol–water partition coefficient (Wildman–Crippen LogP) is 4.00. The first kappa shape index (κ1) is 21.5. The van der Waals surface area contributed by atoms with E-state index >= 15 is 0 Å². The standard InChI is InChI=1S/C24H19F3N6O2/c25-24(26,27)14-5-6-29-17(9-14)31-23(34)13-3-1-12(2-4-13)19-20-21(28)30-7-8-33(20)22(32-19)18-15-10-35-11-16(15)18/h1-9,15-16,18H,10-11H2,(H2,28,30)(H,29,31,34). The van der Waals surface area contributed by atoms with Crippen LogP contribution in [0.3, 0.4) is 0 Å². The van der Waals surface area contributed by atoms with Gasteiger partial charge in [0, 0.05) is 35.6 Å². The van der Waals surface area contributed by atoms with Gasteiger partial charge in [-0.15, -0.1) is 0 Å². The van der Waals surface area contributed by atoms with Gasteiger partial charge in [-0.05, 0) is 36.1 Å². The fraction of sp³-hybridized carbons (Fsp3) is 0.250. The number of nitrogens with two attached hydrogens (primary N) is 1. The number of alkyl halides is 3. The molecule has 4 aromatic rings. The molecule has 8 nitrogen and oxygen atoms in total. The molecule has 1 aliphatic heterocycles. The maximum atomic E-state index is 12.9. The van der Waals surface area contributed by atoms with Crippen molar-refractivity contribution in [3.63, 3.8) is 0 Å². The number of carbonyl (C=O) groups excluding carboxylic acids is 1. The lowest BCUT2D eigenvalue weighted by Crippen LogP contribution is -2.14. The molecular formula is C24H19F3N6O2. The lowest BCUT2D eigenvalue weighted by Gasteiger charge is -2.09. The summed E-state index contributed by atoms with van der Waals surface area (Å²) in [5.41, 5.74) is 7.66. The maximum Gasteiger partial charge on any atom is 0.416 e. The van der Waals surface area contributed by atoms with Crippen LogP contribution in [-0.2, 0) is 10.9 Å². The van der Waals surface area contributed by atoms with Crippen molar-refractivity contribution in [2.24, 2.45) is 11.8 Å². The molecule has 4 heterocycles. The number of anilines is 2. The fourth-order valence-corrected chi connectivity index (χ4v) is 4.79. The van der Waals surface area contributed by atoms with Crippen LogP contribution in [-0.4, -0.2) is 38.5 Å². The number of halogens is 3. The van der Waals surface area contributed by atoms with Crippen LogP contribution in [0.5, 0.6) is 0 Å². The molecule has 1 saturated carbocycles. The summed E-state index contributed by atoms with van der Waals surface area (Å²) >= 11 is 0. The number of rotatable bonds is 4. The van der Waals surface area contributed by atoms with Crippen molar-refractivity contribution in [1.82, 2.24) is 19.4 Å². The minimum atomic E-state index is -4.53. The van der Waals surface area contributed by atoms with E-state index in [1.807, 2.05) is 10.6 Å². The molecular weight excluding hydrogens is 461 g/mol. The average Bonchev–Trinajstić information content (AvgIpc) is 3.17. The highest BCUT2D eigenvalue weighted by Crippen LogP contribution is 2.57. The van der Waals surface area contributed by atoms with Gasteiger partial charge in [-0.2, -0.15) is 13.2 Å². The Morgan fingerprint density at radius 2 is 1.83 bits per heavy atom. The number of hydrogen-bond acceptors (Lipinski definition) is 6. The number of nitrogen functional groups attached to an aromatic ring is 1. The second-order valence-corrected chi connectivity index (χ2v) is 8.70. The fourth-order valence-electron chi connectivity index (χ4n) is 4.79. The lowest BCUT2D eigenvalue weighted by molar-refractivity contribution is -0.137. The minimum absolute atomic E-state index is 0.184. The molecule has 0 radical (unpaired) electrons. The molecule has 1 saturated heterocycles. The normalized spacial score (nSPS) is 21.2.